The van der Waals surface area contributed by atoms with E-state index in [0.29, 0.717) is 12.0 Å². The zero-order valence-electron chi connectivity index (χ0n) is 14.4. The van der Waals surface area contributed by atoms with Crippen molar-refractivity contribution in [2.45, 2.75) is 55.7 Å². The standard InChI is InChI=1S/C16H15F11O/c1-3-9-5-4-6-10(7-9)11(28-2)8-12(17,18)13(19,20)14(21,22)15(23,24)16(25,26)27/h4-7,11H,3,8H2,1-2H3. The first-order valence-corrected chi connectivity index (χ1v) is 7.66. The van der Waals surface area contributed by atoms with Crippen LogP contribution in [0, 0.1) is 0 Å². The van der Waals surface area contributed by atoms with E-state index in [4.69, 9.17) is 0 Å². The first-order chi connectivity index (χ1) is 12.5. The Labute approximate surface area is 152 Å². The molecule has 0 saturated heterocycles. The Bertz CT molecular complexity index is 667. The average molecular weight is 432 g/mol. The summed E-state index contributed by atoms with van der Waals surface area (Å²) < 4.78 is 148. The van der Waals surface area contributed by atoms with Gasteiger partial charge in [-0.3, -0.25) is 0 Å². The molecule has 1 aromatic rings. The minimum absolute atomic E-state index is 0.164. The second kappa shape index (κ2) is 7.68. The maximum Gasteiger partial charge on any atom is 0.460 e. The third-order valence-electron chi connectivity index (χ3n) is 4.06. The fraction of sp³-hybridized carbons (Fsp3) is 0.625. The van der Waals surface area contributed by atoms with E-state index in [1.807, 2.05) is 0 Å². The quantitative estimate of drug-likeness (QED) is 0.430. The summed E-state index contributed by atoms with van der Waals surface area (Å²) in [4.78, 5) is 0. The SMILES string of the molecule is CCc1cccc(C(CC(F)(F)C(F)(F)C(F)(F)C(F)(F)C(F)(F)F)OC)c1. The van der Waals surface area contributed by atoms with E-state index in [1.54, 1.807) is 6.92 Å². The molecule has 0 radical (unpaired) electrons. The molecule has 1 rings (SSSR count). The largest absolute Gasteiger partial charge is 0.460 e. The summed E-state index contributed by atoms with van der Waals surface area (Å²) in [6.07, 6.45) is -11.0. The predicted molar refractivity (Wildman–Crippen MR) is 76.0 cm³/mol. The fourth-order valence-corrected chi connectivity index (χ4v) is 2.32. The second-order valence-corrected chi connectivity index (χ2v) is 5.95. The molecule has 1 aromatic carbocycles. The van der Waals surface area contributed by atoms with Crippen LogP contribution >= 0.6 is 0 Å². The monoisotopic (exact) mass is 432 g/mol. The molecule has 0 N–H and O–H groups in total. The van der Waals surface area contributed by atoms with Crippen molar-refractivity contribution in [3.63, 3.8) is 0 Å². The van der Waals surface area contributed by atoms with Gasteiger partial charge >= 0.3 is 29.9 Å². The number of alkyl halides is 11. The lowest BCUT2D eigenvalue weighted by Gasteiger charge is -2.38. The Hall–Kier alpha value is -1.59. The van der Waals surface area contributed by atoms with Gasteiger partial charge in [0.25, 0.3) is 0 Å². The van der Waals surface area contributed by atoms with Gasteiger partial charge in [-0.1, -0.05) is 31.2 Å². The van der Waals surface area contributed by atoms with Gasteiger partial charge in [0.15, 0.2) is 0 Å². The van der Waals surface area contributed by atoms with Crippen molar-refractivity contribution in [3.05, 3.63) is 35.4 Å². The van der Waals surface area contributed by atoms with E-state index in [1.165, 1.54) is 18.2 Å². The molecule has 12 heteroatoms. The molecule has 162 valence electrons. The van der Waals surface area contributed by atoms with Crippen LogP contribution in [0.1, 0.15) is 30.6 Å². The molecule has 0 aliphatic heterocycles. The highest BCUT2D eigenvalue weighted by atomic mass is 19.4. The van der Waals surface area contributed by atoms with Crippen LogP contribution in [0.2, 0.25) is 0 Å². The highest BCUT2D eigenvalue weighted by molar-refractivity contribution is 5.26. The minimum atomic E-state index is -7.41. The van der Waals surface area contributed by atoms with E-state index < -0.39 is 42.4 Å². The van der Waals surface area contributed by atoms with Crippen LogP contribution in [-0.4, -0.2) is 37.0 Å². The zero-order valence-corrected chi connectivity index (χ0v) is 14.4. The Morgan fingerprint density at radius 3 is 1.79 bits per heavy atom. The van der Waals surface area contributed by atoms with Crippen molar-refractivity contribution in [1.82, 2.24) is 0 Å². The summed E-state index contributed by atoms with van der Waals surface area (Å²) in [5, 5.41) is 0. The molecular weight excluding hydrogens is 417 g/mol. The summed E-state index contributed by atoms with van der Waals surface area (Å²) >= 11 is 0. The number of halogens is 11. The molecule has 0 aliphatic rings. The number of hydrogen-bond acceptors (Lipinski definition) is 1. The molecule has 0 heterocycles. The number of aryl methyl sites for hydroxylation is 1. The maximum absolute atomic E-state index is 13.9. The van der Waals surface area contributed by atoms with E-state index in [0.717, 1.165) is 13.2 Å². The van der Waals surface area contributed by atoms with Gasteiger partial charge in [0, 0.05) is 13.5 Å². The highest BCUT2D eigenvalue weighted by Crippen LogP contribution is 2.58. The fourth-order valence-electron chi connectivity index (χ4n) is 2.32. The second-order valence-electron chi connectivity index (χ2n) is 5.95. The number of hydrogen-bond donors (Lipinski definition) is 0. The van der Waals surface area contributed by atoms with Crippen LogP contribution < -0.4 is 0 Å². The van der Waals surface area contributed by atoms with E-state index in [9.17, 15) is 48.3 Å². The van der Waals surface area contributed by atoms with Crippen LogP contribution in [0.4, 0.5) is 48.3 Å². The molecule has 1 atom stereocenters. The normalized spacial score (nSPS) is 15.6. The third-order valence-corrected chi connectivity index (χ3v) is 4.06. The Morgan fingerprint density at radius 1 is 0.821 bits per heavy atom. The average Bonchev–Trinajstić information content (AvgIpc) is 2.58. The van der Waals surface area contributed by atoms with Gasteiger partial charge in [-0.05, 0) is 17.5 Å². The van der Waals surface area contributed by atoms with Gasteiger partial charge in [0.2, 0.25) is 0 Å². The summed E-state index contributed by atoms with van der Waals surface area (Å²) in [5.74, 6) is -27.8. The summed E-state index contributed by atoms with van der Waals surface area (Å²) in [7, 11) is 0.764. The van der Waals surface area contributed by atoms with Crippen molar-refractivity contribution in [2.75, 3.05) is 7.11 Å². The van der Waals surface area contributed by atoms with Crippen LogP contribution in [0.5, 0.6) is 0 Å². The predicted octanol–water partition coefficient (Wildman–Crippen LogP) is 6.43. The van der Waals surface area contributed by atoms with Gasteiger partial charge in [0.1, 0.15) is 0 Å². The molecule has 0 aromatic heterocycles. The first kappa shape index (κ1) is 24.4. The minimum Gasteiger partial charge on any atom is -0.377 e. The van der Waals surface area contributed by atoms with Crippen molar-refractivity contribution in [2.24, 2.45) is 0 Å². The molecule has 28 heavy (non-hydrogen) atoms. The van der Waals surface area contributed by atoms with Gasteiger partial charge < -0.3 is 4.74 Å². The van der Waals surface area contributed by atoms with Crippen LogP contribution in [0.15, 0.2) is 24.3 Å². The molecule has 1 nitrogen and oxygen atoms in total. The Kier molecular flexibility index (Phi) is 6.70. The van der Waals surface area contributed by atoms with E-state index in [2.05, 4.69) is 4.74 Å². The first-order valence-electron chi connectivity index (χ1n) is 7.66. The lowest BCUT2D eigenvalue weighted by molar-refractivity contribution is -0.423. The van der Waals surface area contributed by atoms with Crippen LogP contribution in [0.3, 0.4) is 0 Å². The smallest absolute Gasteiger partial charge is 0.377 e. The highest BCUT2D eigenvalue weighted by Gasteiger charge is 2.87. The van der Waals surface area contributed by atoms with Crippen molar-refractivity contribution in [3.8, 4) is 0 Å². The van der Waals surface area contributed by atoms with Crippen LogP contribution in [0.25, 0.3) is 0 Å². The Morgan fingerprint density at radius 2 is 1.36 bits per heavy atom. The third kappa shape index (κ3) is 4.06. The number of rotatable bonds is 8. The molecule has 0 fully saturated rings. The van der Waals surface area contributed by atoms with Gasteiger partial charge in [-0.25, -0.2) is 0 Å². The molecular formula is C16H15F11O. The lowest BCUT2D eigenvalue weighted by Crippen LogP contribution is -2.66. The summed E-state index contributed by atoms with van der Waals surface area (Å²) in [6.45, 7) is 1.66. The zero-order chi connectivity index (χ0) is 22.2. The number of benzene rings is 1. The van der Waals surface area contributed by atoms with Crippen molar-refractivity contribution >= 4 is 0 Å². The molecule has 0 amide bonds. The van der Waals surface area contributed by atoms with Crippen molar-refractivity contribution in [1.29, 1.82) is 0 Å². The van der Waals surface area contributed by atoms with E-state index in [-0.39, 0.29) is 5.56 Å². The Balaban J connectivity index is 3.30. The number of methoxy groups -OCH3 is 1. The molecule has 1 unspecified atom stereocenters. The van der Waals surface area contributed by atoms with Gasteiger partial charge in [0.05, 0.1) is 6.10 Å². The summed E-state index contributed by atoms with van der Waals surface area (Å²) in [5.41, 5.74) is 0.367. The maximum atomic E-state index is 13.9. The van der Waals surface area contributed by atoms with Crippen molar-refractivity contribution < 1.29 is 53.0 Å². The lowest BCUT2D eigenvalue weighted by atomic mass is 9.92. The topological polar surface area (TPSA) is 9.23 Å². The molecule has 0 saturated carbocycles. The number of ether oxygens (including phenoxy) is 1. The molecule has 0 bridgehead atoms. The van der Waals surface area contributed by atoms with E-state index >= 15 is 0 Å². The van der Waals surface area contributed by atoms with Gasteiger partial charge in [-0.15, -0.1) is 0 Å². The van der Waals surface area contributed by atoms with Crippen LogP contribution in [-0.2, 0) is 11.2 Å². The molecule has 0 aliphatic carbocycles. The summed E-state index contributed by atoms with van der Waals surface area (Å²) in [6, 6.07) is 5.21. The van der Waals surface area contributed by atoms with Gasteiger partial charge in [-0.2, -0.15) is 48.3 Å². The molecule has 0 spiro atoms.